The molecule has 0 aliphatic heterocycles. The first-order valence-electron chi connectivity index (χ1n) is 7.85. The van der Waals surface area contributed by atoms with Crippen LogP contribution in [0.4, 0.5) is 20.2 Å². The predicted octanol–water partition coefficient (Wildman–Crippen LogP) is 4.29. The van der Waals surface area contributed by atoms with Gasteiger partial charge in [0, 0.05) is 22.9 Å². The van der Waals surface area contributed by atoms with Gasteiger partial charge in [0.2, 0.25) is 0 Å². The third-order valence-corrected chi connectivity index (χ3v) is 3.70. The van der Waals surface area contributed by atoms with Gasteiger partial charge < -0.3 is 20.6 Å². The van der Waals surface area contributed by atoms with Crippen molar-refractivity contribution in [2.45, 2.75) is 33.0 Å². The van der Waals surface area contributed by atoms with Crippen LogP contribution in [0.2, 0.25) is 0 Å². The number of carbonyl (C=O) groups is 1. The SMILES string of the molecule is Cc1cc(C=O)cc(C(=N)C(C)(C)O)c1Nc1cccc(OC(F)F)c1. The highest BCUT2D eigenvalue weighted by Crippen LogP contribution is 2.30. The van der Waals surface area contributed by atoms with Gasteiger partial charge in [0.25, 0.3) is 0 Å². The molecule has 0 aromatic heterocycles. The topological polar surface area (TPSA) is 82.4 Å². The molecule has 0 spiro atoms. The van der Waals surface area contributed by atoms with Crippen LogP contribution in [0, 0.1) is 12.3 Å². The van der Waals surface area contributed by atoms with Gasteiger partial charge in [0.1, 0.15) is 17.6 Å². The lowest BCUT2D eigenvalue weighted by molar-refractivity contribution is -0.0498. The molecule has 3 N–H and O–H groups in total. The summed E-state index contributed by atoms with van der Waals surface area (Å²) in [5.41, 5.74) is 0.842. The van der Waals surface area contributed by atoms with Gasteiger partial charge in [0.05, 0.1) is 11.4 Å². The van der Waals surface area contributed by atoms with E-state index >= 15 is 0 Å². The highest BCUT2D eigenvalue weighted by molar-refractivity contribution is 6.09. The lowest BCUT2D eigenvalue weighted by atomic mass is 9.91. The minimum absolute atomic E-state index is 0.00807. The van der Waals surface area contributed by atoms with Gasteiger partial charge in [-0.3, -0.25) is 4.79 Å². The average molecular weight is 362 g/mol. The van der Waals surface area contributed by atoms with E-state index in [0.29, 0.717) is 34.4 Å². The van der Waals surface area contributed by atoms with Crippen molar-refractivity contribution < 1.29 is 23.4 Å². The van der Waals surface area contributed by atoms with Crippen molar-refractivity contribution in [3.8, 4) is 5.75 Å². The molecule has 0 aliphatic carbocycles. The predicted molar refractivity (Wildman–Crippen MR) is 96.0 cm³/mol. The molecule has 0 unspecified atom stereocenters. The number of rotatable bonds is 7. The molecule has 0 radical (unpaired) electrons. The van der Waals surface area contributed by atoms with Crippen LogP contribution in [0.15, 0.2) is 36.4 Å². The Hall–Kier alpha value is -2.80. The van der Waals surface area contributed by atoms with Crippen LogP contribution in [0.3, 0.4) is 0 Å². The zero-order valence-electron chi connectivity index (χ0n) is 14.6. The summed E-state index contributed by atoms with van der Waals surface area (Å²) in [4.78, 5) is 11.2. The summed E-state index contributed by atoms with van der Waals surface area (Å²) >= 11 is 0. The van der Waals surface area contributed by atoms with Crippen molar-refractivity contribution in [3.63, 3.8) is 0 Å². The Morgan fingerprint density at radius 2 is 2.00 bits per heavy atom. The van der Waals surface area contributed by atoms with Crippen molar-refractivity contribution in [1.29, 1.82) is 5.41 Å². The molecule has 2 rings (SSSR count). The molecule has 0 atom stereocenters. The number of anilines is 2. The first-order valence-corrected chi connectivity index (χ1v) is 7.85. The maximum Gasteiger partial charge on any atom is 0.387 e. The molecular weight excluding hydrogens is 342 g/mol. The van der Waals surface area contributed by atoms with Crippen molar-refractivity contribution in [1.82, 2.24) is 0 Å². The van der Waals surface area contributed by atoms with E-state index in [1.54, 1.807) is 25.1 Å². The minimum atomic E-state index is -2.93. The van der Waals surface area contributed by atoms with Crippen molar-refractivity contribution in [2.75, 3.05) is 5.32 Å². The van der Waals surface area contributed by atoms with E-state index in [4.69, 9.17) is 5.41 Å². The van der Waals surface area contributed by atoms with Gasteiger partial charge in [-0.2, -0.15) is 8.78 Å². The van der Waals surface area contributed by atoms with Crippen LogP contribution in [0.25, 0.3) is 0 Å². The molecule has 0 fully saturated rings. The second-order valence-corrected chi connectivity index (χ2v) is 6.34. The molecule has 138 valence electrons. The van der Waals surface area contributed by atoms with Crippen LogP contribution >= 0.6 is 0 Å². The Bertz CT molecular complexity index is 830. The van der Waals surface area contributed by atoms with E-state index in [-0.39, 0.29) is 11.5 Å². The van der Waals surface area contributed by atoms with Gasteiger partial charge in [-0.1, -0.05) is 6.07 Å². The third kappa shape index (κ3) is 4.64. The Morgan fingerprint density at radius 1 is 1.31 bits per heavy atom. The van der Waals surface area contributed by atoms with E-state index in [0.717, 1.165) is 0 Å². The number of aryl methyl sites for hydroxylation is 1. The highest BCUT2D eigenvalue weighted by Gasteiger charge is 2.25. The van der Waals surface area contributed by atoms with Gasteiger partial charge in [-0.05, 0) is 50.6 Å². The van der Waals surface area contributed by atoms with Crippen LogP contribution < -0.4 is 10.1 Å². The van der Waals surface area contributed by atoms with Crippen LogP contribution in [-0.2, 0) is 0 Å². The number of nitrogens with one attached hydrogen (secondary N) is 2. The fourth-order valence-electron chi connectivity index (χ4n) is 2.47. The van der Waals surface area contributed by atoms with Crippen LogP contribution in [0.1, 0.15) is 35.3 Å². The lowest BCUT2D eigenvalue weighted by Gasteiger charge is -2.23. The normalized spacial score (nSPS) is 11.3. The second kappa shape index (κ2) is 7.61. The molecule has 0 saturated heterocycles. The van der Waals surface area contributed by atoms with Gasteiger partial charge in [0.15, 0.2) is 0 Å². The zero-order chi connectivity index (χ0) is 19.5. The number of carbonyl (C=O) groups excluding carboxylic acids is 1. The molecule has 0 saturated carbocycles. The summed E-state index contributed by atoms with van der Waals surface area (Å²) in [7, 11) is 0. The molecule has 7 heteroatoms. The summed E-state index contributed by atoms with van der Waals surface area (Å²) in [6.45, 7) is 1.76. The standard InChI is InChI=1S/C19H20F2N2O3/c1-11-7-12(10-24)8-15(17(22)19(2,3)25)16(11)23-13-5-4-6-14(9-13)26-18(20)21/h4-10,18,22-23,25H,1-3H3. The van der Waals surface area contributed by atoms with E-state index in [1.165, 1.54) is 32.0 Å². The number of aldehydes is 1. The van der Waals surface area contributed by atoms with E-state index in [9.17, 15) is 18.7 Å². The molecule has 2 aromatic rings. The number of benzene rings is 2. The number of aliphatic hydroxyl groups is 1. The molecule has 0 bridgehead atoms. The molecule has 5 nitrogen and oxygen atoms in total. The second-order valence-electron chi connectivity index (χ2n) is 6.34. The number of hydrogen-bond acceptors (Lipinski definition) is 5. The largest absolute Gasteiger partial charge is 0.435 e. The molecule has 0 heterocycles. The summed E-state index contributed by atoms with van der Waals surface area (Å²) in [5.74, 6) is -0.00807. The molecule has 0 amide bonds. The Balaban J connectivity index is 2.49. The van der Waals surface area contributed by atoms with Crippen molar-refractivity contribution in [3.05, 3.63) is 53.1 Å². The first-order chi connectivity index (χ1) is 12.1. The van der Waals surface area contributed by atoms with Crippen molar-refractivity contribution >= 4 is 23.4 Å². The monoisotopic (exact) mass is 362 g/mol. The fraction of sp³-hybridized carbons (Fsp3) is 0.263. The number of hydrogen-bond donors (Lipinski definition) is 3. The number of halogens is 2. The van der Waals surface area contributed by atoms with Gasteiger partial charge in [-0.15, -0.1) is 0 Å². The van der Waals surface area contributed by atoms with E-state index in [2.05, 4.69) is 10.1 Å². The molecule has 0 aliphatic rings. The third-order valence-electron chi connectivity index (χ3n) is 3.70. The van der Waals surface area contributed by atoms with Gasteiger partial charge >= 0.3 is 6.61 Å². The van der Waals surface area contributed by atoms with Gasteiger partial charge in [-0.25, -0.2) is 0 Å². The van der Waals surface area contributed by atoms with Crippen molar-refractivity contribution in [2.24, 2.45) is 0 Å². The minimum Gasteiger partial charge on any atom is -0.435 e. The average Bonchev–Trinajstić information content (AvgIpc) is 2.54. The molecule has 2 aromatic carbocycles. The quantitative estimate of drug-likeness (QED) is 0.507. The van der Waals surface area contributed by atoms with Crippen LogP contribution in [0.5, 0.6) is 5.75 Å². The smallest absolute Gasteiger partial charge is 0.387 e. The first kappa shape index (κ1) is 19.5. The Labute approximate surface area is 150 Å². The summed E-state index contributed by atoms with van der Waals surface area (Å²) < 4.78 is 29.2. The summed E-state index contributed by atoms with van der Waals surface area (Å²) in [5, 5.41) is 21.5. The maximum absolute atomic E-state index is 12.4. The summed E-state index contributed by atoms with van der Waals surface area (Å²) in [6.07, 6.45) is 0.662. The fourth-order valence-corrected chi connectivity index (χ4v) is 2.47. The van der Waals surface area contributed by atoms with Crippen LogP contribution in [-0.4, -0.2) is 29.3 Å². The highest BCUT2D eigenvalue weighted by atomic mass is 19.3. The Kier molecular flexibility index (Phi) is 5.72. The zero-order valence-corrected chi connectivity index (χ0v) is 14.6. The molecule has 26 heavy (non-hydrogen) atoms. The number of alkyl halides is 2. The maximum atomic E-state index is 12.4. The molecular formula is C19H20F2N2O3. The van der Waals surface area contributed by atoms with E-state index < -0.39 is 12.2 Å². The lowest BCUT2D eigenvalue weighted by Crippen LogP contribution is -2.32. The summed E-state index contributed by atoms with van der Waals surface area (Å²) in [6, 6.07) is 9.15. The Morgan fingerprint density at radius 3 is 2.58 bits per heavy atom. The number of ether oxygens (including phenoxy) is 1. The van der Waals surface area contributed by atoms with E-state index in [1.807, 2.05) is 0 Å².